The number of aryl methyl sites for hydroxylation is 1. The summed E-state index contributed by atoms with van der Waals surface area (Å²) in [5, 5.41) is 9.35. The molecule has 0 bridgehead atoms. The number of carbonyl (C=O) groups is 1. The number of nitrogens with zero attached hydrogens (tertiary/aromatic N) is 1. The average Bonchev–Trinajstić information content (AvgIpc) is 3.19. The molecule has 0 unspecified atom stereocenters. The Balaban J connectivity index is 1.76. The van der Waals surface area contributed by atoms with Crippen LogP contribution in [0.25, 0.3) is 16.6 Å². The van der Waals surface area contributed by atoms with Crippen molar-refractivity contribution in [2.24, 2.45) is 0 Å². The van der Waals surface area contributed by atoms with Gasteiger partial charge in [-0.1, -0.05) is 31.7 Å². The molecule has 1 aromatic heterocycles. The maximum atomic E-state index is 12.8. The molecule has 0 atom stereocenters. The summed E-state index contributed by atoms with van der Waals surface area (Å²) in [7, 11) is 0. The molecule has 2 aromatic carbocycles. The summed E-state index contributed by atoms with van der Waals surface area (Å²) in [6, 6.07) is 9.82. The number of benzene rings is 2. The van der Waals surface area contributed by atoms with Gasteiger partial charge >= 0.3 is 12.1 Å². The molecule has 0 saturated carbocycles. The van der Waals surface area contributed by atoms with Crippen LogP contribution in [0, 0.1) is 0 Å². The monoisotopic (exact) mass is 463 g/mol. The van der Waals surface area contributed by atoms with E-state index >= 15 is 0 Å². The van der Waals surface area contributed by atoms with E-state index in [4.69, 9.17) is 14.6 Å². The average molecular weight is 463 g/mol. The van der Waals surface area contributed by atoms with E-state index in [-0.39, 0.29) is 6.61 Å². The molecule has 0 saturated heterocycles. The zero-order valence-electron chi connectivity index (χ0n) is 17.1. The van der Waals surface area contributed by atoms with Crippen LogP contribution < -0.4 is 9.47 Å². The lowest BCUT2D eigenvalue weighted by Crippen LogP contribution is -2.09. The number of carboxylic acids is 1. The molecule has 0 amide bonds. The number of ether oxygens (including phenoxy) is 2. The lowest BCUT2D eigenvalue weighted by molar-refractivity contribution is -0.139. The summed E-state index contributed by atoms with van der Waals surface area (Å²) in [6.07, 6.45) is -2.16. The van der Waals surface area contributed by atoms with Gasteiger partial charge in [0.2, 0.25) is 0 Å². The highest BCUT2D eigenvalue weighted by Gasteiger charge is 2.30. The number of aliphatic carboxylic acids is 1. The van der Waals surface area contributed by atoms with Gasteiger partial charge in [-0.25, -0.2) is 9.78 Å². The molecule has 3 rings (SSSR count). The molecule has 1 heterocycles. The van der Waals surface area contributed by atoms with Crippen molar-refractivity contribution < 1.29 is 32.5 Å². The summed E-state index contributed by atoms with van der Waals surface area (Å²) in [5.41, 5.74) is 1.35. The molecule has 9 heteroatoms. The van der Waals surface area contributed by atoms with Gasteiger partial charge in [-0.2, -0.15) is 13.2 Å². The first-order chi connectivity index (χ1) is 15.2. The first kappa shape index (κ1) is 23.3. The van der Waals surface area contributed by atoms with Crippen LogP contribution in [-0.2, 0) is 24.0 Å². The Morgan fingerprint density at radius 3 is 2.50 bits per heavy atom. The van der Waals surface area contributed by atoms with E-state index in [1.807, 2.05) is 6.92 Å². The molecule has 0 spiro atoms. The minimum atomic E-state index is -4.38. The lowest BCUT2D eigenvalue weighted by Gasteiger charge is -2.11. The van der Waals surface area contributed by atoms with Gasteiger partial charge in [0, 0.05) is 11.1 Å². The van der Waals surface area contributed by atoms with Crippen LogP contribution in [0.15, 0.2) is 49.0 Å². The Kier molecular flexibility index (Phi) is 7.19. The molecule has 0 aliphatic heterocycles. The van der Waals surface area contributed by atoms with E-state index in [1.165, 1.54) is 23.5 Å². The minimum absolute atomic E-state index is 0.220. The van der Waals surface area contributed by atoms with Crippen LogP contribution in [0.3, 0.4) is 0 Å². The second-order valence-electron chi connectivity index (χ2n) is 6.69. The van der Waals surface area contributed by atoms with E-state index in [0.717, 1.165) is 22.7 Å². The largest absolute Gasteiger partial charge is 0.487 e. The molecular weight excluding hydrogens is 443 g/mol. The number of carboxylic acid groups (broad SMARTS) is 1. The lowest BCUT2D eigenvalue weighted by atomic mass is 10.1. The number of aromatic nitrogens is 1. The fourth-order valence-corrected chi connectivity index (χ4v) is 3.96. The zero-order chi connectivity index (χ0) is 23.3. The first-order valence-corrected chi connectivity index (χ1v) is 10.4. The Morgan fingerprint density at radius 1 is 1.19 bits per heavy atom. The molecule has 168 valence electrons. The summed E-state index contributed by atoms with van der Waals surface area (Å²) >= 11 is 1.36. The predicted octanol–water partition coefficient (Wildman–Crippen LogP) is 6.08. The summed E-state index contributed by atoms with van der Waals surface area (Å²) in [4.78, 5) is 16.1. The quantitative estimate of drug-likeness (QED) is 0.417. The third-order valence-corrected chi connectivity index (χ3v) is 5.61. The van der Waals surface area contributed by atoms with E-state index in [1.54, 1.807) is 24.3 Å². The molecule has 0 aliphatic rings. The highest BCUT2D eigenvalue weighted by Crippen LogP contribution is 2.34. The number of thiazole rings is 1. The van der Waals surface area contributed by atoms with Crippen molar-refractivity contribution in [3.05, 3.63) is 70.7 Å². The maximum Gasteiger partial charge on any atom is 0.416 e. The van der Waals surface area contributed by atoms with Gasteiger partial charge in [0.15, 0.2) is 6.61 Å². The third-order valence-electron chi connectivity index (χ3n) is 4.49. The molecule has 0 fully saturated rings. The molecule has 32 heavy (non-hydrogen) atoms. The summed E-state index contributed by atoms with van der Waals surface area (Å²) in [6.45, 7) is 5.45. The van der Waals surface area contributed by atoms with Gasteiger partial charge in [-0.15, -0.1) is 11.3 Å². The summed E-state index contributed by atoms with van der Waals surface area (Å²) < 4.78 is 49.5. The highest BCUT2D eigenvalue weighted by atomic mass is 32.1. The molecular formula is C23H20F3NO4S. The van der Waals surface area contributed by atoms with Gasteiger partial charge in [0.1, 0.15) is 23.1 Å². The van der Waals surface area contributed by atoms with E-state index in [2.05, 4.69) is 11.6 Å². The van der Waals surface area contributed by atoms with Crippen LogP contribution in [-0.4, -0.2) is 22.7 Å². The van der Waals surface area contributed by atoms with Crippen molar-refractivity contribution in [1.29, 1.82) is 0 Å². The topological polar surface area (TPSA) is 68.7 Å². The second kappa shape index (κ2) is 9.86. The van der Waals surface area contributed by atoms with Crippen LogP contribution in [0.5, 0.6) is 11.5 Å². The van der Waals surface area contributed by atoms with Crippen molar-refractivity contribution >= 4 is 23.4 Å². The predicted molar refractivity (Wildman–Crippen MR) is 116 cm³/mol. The number of hydrogen-bond donors (Lipinski definition) is 1. The van der Waals surface area contributed by atoms with Gasteiger partial charge in [0.05, 0.1) is 16.1 Å². The smallest absolute Gasteiger partial charge is 0.416 e. The number of hydrogen-bond acceptors (Lipinski definition) is 5. The van der Waals surface area contributed by atoms with Gasteiger partial charge in [0.25, 0.3) is 0 Å². The molecule has 0 radical (unpaired) electrons. The summed E-state index contributed by atoms with van der Waals surface area (Å²) in [5.74, 6) is -0.160. The van der Waals surface area contributed by atoms with Crippen LogP contribution in [0.4, 0.5) is 13.2 Å². The number of alkyl halides is 3. The Morgan fingerprint density at radius 2 is 1.91 bits per heavy atom. The molecule has 5 nitrogen and oxygen atoms in total. The SMILES string of the molecule is C=Cc1cc(OCC(=O)O)ccc1OCc1sc(-c2ccc(C(F)(F)F)cc2)nc1CC. The van der Waals surface area contributed by atoms with Gasteiger partial charge in [-0.3, -0.25) is 0 Å². The Hall–Kier alpha value is -3.33. The van der Waals surface area contributed by atoms with E-state index < -0.39 is 24.3 Å². The fraction of sp³-hybridized carbons (Fsp3) is 0.217. The van der Waals surface area contributed by atoms with Gasteiger partial charge in [-0.05, 0) is 36.8 Å². The third kappa shape index (κ3) is 5.67. The van der Waals surface area contributed by atoms with Gasteiger partial charge < -0.3 is 14.6 Å². The van der Waals surface area contributed by atoms with Crippen LogP contribution in [0.1, 0.15) is 28.6 Å². The Labute approximate surface area is 186 Å². The van der Waals surface area contributed by atoms with Crippen LogP contribution >= 0.6 is 11.3 Å². The van der Waals surface area contributed by atoms with E-state index in [0.29, 0.717) is 34.1 Å². The standard InChI is InChI=1S/C23H20F3NO4S/c1-3-14-11-17(30-13-21(28)29)9-10-19(14)31-12-20-18(4-2)27-22(32-20)15-5-7-16(8-6-15)23(24,25)26/h3,5-11H,1,4,12-13H2,2H3,(H,28,29). The van der Waals surface area contributed by atoms with Crippen molar-refractivity contribution in [3.8, 4) is 22.1 Å². The Bertz CT molecular complexity index is 1110. The highest BCUT2D eigenvalue weighted by molar-refractivity contribution is 7.15. The number of rotatable bonds is 9. The molecule has 1 N–H and O–H groups in total. The van der Waals surface area contributed by atoms with Crippen molar-refractivity contribution in [1.82, 2.24) is 4.98 Å². The van der Waals surface area contributed by atoms with E-state index in [9.17, 15) is 18.0 Å². The molecule has 0 aliphatic carbocycles. The van der Waals surface area contributed by atoms with Crippen LogP contribution in [0.2, 0.25) is 0 Å². The second-order valence-corrected chi connectivity index (χ2v) is 7.78. The normalized spacial score (nSPS) is 11.2. The zero-order valence-corrected chi connectivity index (χ0v) is 17.9. The number of halogens is 3. The fourth-order valence-electron chi connectivity index (χ4n) is 2.89. The van der Waals surface area contributed by atoms with Crippen molar-refractivity contribution in [2.75, 3.05) is 6.61 Å². The maximum absolute atomic E-state index is 12.8. The van der Waals surface area contributed by atoms with Crippen molar-refractivity contribution in [3.63, 3.8) is 0 Å². The molecule has 3 aromatic rings. The first-order valence-electron chi connectivity index (χ1n) is 9.61. The minimum Gasteiger partial charge on any atom is -0.487 e. The van der Waals surface area contributed by atoms with Crippen molar-refractivity contribution in [2.45, 2.75) is 26.1 Å².